The maximum atomic E-state index is 12.2. The van der Waals surface area contributed by atoms with Crippen LogP contribution in [0.3, 0.4) is 0 Å². The predicted molar refractivity (Wildman–Crippen MR) is 162 cm³/mol. The van der Waals surface area contributed by atoms with E-state index in [2.05, 4.69) is 26.7 Å². The van der Waals surface area contributed by atoms with Crippen LogP contribution in [0.25, 0.3) is 23.3 Å². The van der Waals surface area contributed by atoms with Gasteiger partial charge in [-0.1, -0.05) is 36.4 Å². The minimum atomic E-state index is -0.811. The van der Waals surface area contributed by atoms with E-state index in [0.717, 1.165) is 67.5 Å². The summed E-state index contributed by atoms with van der Waals surface area (Å²) in [6.45, 7) is 7.92. The average molecular weight is 549 g/mol. The van der Waals surface area contributed by atoms with Gasteiger partial charge >= 0.3 is 5.97 Å². The first-order valence-corrected chi connectivity index (χ1v) is 13.4. The summed E-state index contributed by atoms with van der Waals surface area (Å²) in [4.78, 5) is 41.5. The third-order valence-electron chi connectivity index (χ3n) is 7.41. The zero-order valence-electron chi connectivity index (χ0n) is 23.4. The number of H-pyrrole nitrogens is 2. The molecule has 0 atom stereocenters. The molecule has 0 saturated heterocycles. The number of aryl methyl sites for hydroxylation is 3. The summed E-state index contributed by atoms with van der Waals surface area (Å²) in [5.41, 5.74) is 11.9. The summed E-state index contributed by atoms with van der Waals surface area (Å²) in [5, 5.41) is 14.6. The van der Waals surface area contributed by atoms with Crippen LogP contribution in [0.5, 0.6) is 0 Å². The third-order valence-corrected chi connectivity index (χ3v) is 7.41. The van der Waals surface area contributed by atoms with Gasteiger partial charge in [-0.3, -0.25) is 14.4 Å². The number of nitrogens with one attached hydrogen (secondary N) is 4. The number of carboxylic acids is 1. The number of carbonyl (C=O) groups is 3. The van der Waals surface area contributed by atoms with Crippen molar-refractivity contribution >= 4 is 52.5 Å². The van der Waals surface area contributed by atoms with Crippen molar-refractivity contribution in [3.8, 4) is 0 Å². The monoisotopic (exact) mass is 548 g/mol. The smallest absolute Gasteiger partial charge is 0.303 e. The van der Waals surface area contributed by atoms with E-state index in [4.69, 9.17) is 5.11 Å². The van der Waals surface area contributed by atoms with Gasteiger partial charge in [0.05, 0.1) is 11.1 Å². The second-order valence-electron chi connectivity index (χ2n) is 10.3. The fourth-order valence-electron chi connectivity index (χ4n) is 5.32. The van der Waals surface area contributed by atoms with Gasteiger partial charge in [0.25, 0.3) is 11.8 Å². The molecule has 2 aliphatic rings. The Hall–Kier alpha value is -5.11. The zero-order valence-corrected chi connectivity index (χ0v) is 23.4. The number of rotatable bonds is 5. The molecule has 0 saturated carbocycles. The minimum Gasteiger partial charge on any atom is -0.481 e. The Morgan fingerprint density at radius 1 is 0.780 bits per heavy atom. The highest BCUT2D eigenvalue weighted by atomic mass is 16.4. The number of benzene rings is 2. The van der Waals surface area contributed by atoms with E-state index in [1.807, 2.05) is 88.4 Å². The first-order chi connectivity index (χ1) is 19.6. The lowest BCUT2D eigenvalue weighted by molar-refractivity contribution is -0.137. The normalized spacial score (nSPS) is 15.3. The first-order valence-electron chi connectivity index (χ1n) is 13.4. The molecule has 8 nitrogen and oxygen atoms in total. The Morgan fingerprint density at radius 3 is 1.83 bits per heavy atom. The number of anilines is 2. The van der Waals surface area contributed by atoms with Gasteiger partial charge in [-0.25, -0.2) is 0 Å². The second kappa shape index (κ2) is 11.2. The number of aliphatic carboxylic acids is 1. The van der Waals surface area contributed by atoms with E-state index in [-0.39, 0.29) is 18.2 Å². The maximum Gasteiger partial charge on any atom is 0.303 e. The molecule has 0 fully saturated rings. The fraction of sp³-hybridized carbons (Fsp3) is 0.182. The van der Waals surface area contributed by atoms with Gasteiger partial charge in [-0.2, -0.15) is 0 Å². The molecule has 0 aliphatic carbocycles. The molecule has 6 rings (SSSR count). The first kappa shape index (κ1) is 27.5. The SMILES string of the molecule is Cc1[nH]c(/C=C2\C(=O)Nc3ccccc32)c(C)c1CCC(=O)O.Cc1cc(C)c(/C=C2\C(=O)Nc3ccccc32)[nH]1. The van der Waals surface area contributed by atoms with E-state index in [0.29, 0.717) is 12.0 Å². The lowest BCUT2D eigenvalue weighted by Gasteiger charge is -2.00. The summed E-state index contributed by atoms with van der Waals surface area (Å²) in [5.74, 6) is -0.971. The van der Waals surface area contributed by atoms with Gasteiger partial charge in [0.2, 0.25) is 0 Å². The Bertz CT molecular complexity index is 1750. The van der Waals surface area contributed by atoms with Crippen LogP contribution in [0.4, 0.5) is 11.4 Å². The van der Waals surface area contributed by atoms with Crippen LogP contribution in [0.15, 0.2) is 54.6 Å². The molecule has 41 heavy (non-hydrogen) atoms. The van der Waals surface area contributed by atoms with E-state index < -0.39 is 5.97 Å². The van der Waals surface area contributed by atoms with Gasteiger partial charge in [-0.15, -0.1) is 0 Å². The van der Waals surface area contributed by atoms with Crippen LogP contribution in [0, 0.1) is 27.7 Å². The van der Waals surface area contributed by atoms with Crippen molar-refractivity contribution in [2.45, 2.75) is 40.5 Å². The number of para-hydroxylation sites is 2. The molecule has 0 radical (unpaired) electrons. The highest BCUT2D eigenvalue weighted by Gasteiger charge is 2.25. The average Bonchev–Trinajstić information content (AvgIpc) is 3.61. The van der Waals surface area contributed by atoms with Crippen molar-refractivity contribution in [1.82, 2.24) is 9.97 Å². The number of hydrogen-bond acceptors (Lipinski definition) is 3. The topological polar surface area (TPSA) is 127 Å². The second-order valence-corrected chi connectivity index (χ2v) is 10.3. The van der Waals surface area contributed by atoms with Crippen LogP contribution in [0.2, 0.25) is 0 Å². The molecule has 0 unspecified atom stereocenters. The van der Waals surface area contributed by atoms with E-state index >= 15 is 0 Å². The Morgan fingerprint density at radius 2 is 1.32 bits per heavy atom. The van der Waals surface area contributed by atoms with Gasteiger partial charge in [-0.05, 0) is 81.2 Å². The molecule has 4 heterocycles. The van der Waals surface area contributed by atoms with Crippen LogP contribution in [-0.2, 0) is 20.8 Å². The highest BCUT2D eigenvalue weighted by Crippen LogP contribution is 2.34. The number of carboxylic acid groups (broad SMARTS) is 1. The lowest BCUT2D eigenvalue weighted by Crippen LogP contribution is -2.03. The molecule has 5 N–H and O–H groups in total. The minimum absolute atomic E-state index is 0.0390. The van der Waals surface area contributed by atoms with Crippen LogP contribution >= 0.6 is 0 Å². The largest absolute Gasteiger partial charge is 0.481 e. The molecule has 208 valence electrons. The fourth-order valence-corrected chi connectivity index (χ4v) is 5.32. The van der Waals surface area contributed by atoms with Crippen LogP contribution in [-0.4, -0.2) is 32.9 Å². The molecule has 0 spiro atoms. The summed E-state index contributed by atoms with van der Waals surface area (Å²) in [6.07, 6.45) is 4.34. The van der Waals surface area contributed by atoms with Crippen molar-refractivity contribution in [1.29, 1.82) is 0 Å². The molecule has 4 aromatic rings. The maximum absolute atomic E-state index is 12.2. The number of aromatic amines is 2. The number of fused-ring (bicyclic) bond motifs is 2. The van der Waals surface area contributed by atoms with Crippen molar-refractivity contribution in [2.24, 2.45) is 0 Å². The molecule has 2 amide bonds. The van der Waals surface area contributed by atoms with Gasteiger partial charge in [0.1, 0.15) is 0 Å². The Kier molecular flexibility index (Phi) is 7.48. The molecule has 2 aliphatic heterocycles. The molecular weight excluding hydrogens is 516 g/mol. The number of amides is 2. The van der Waals surface area contributed by atoms with Crippen molar-refractivity contribution in [2.75, 3.05) is 10.6 Å². The Balaban J connectivity index is 0.000000169. The highest BCUT2D eigenvalue weighted by molar-refractivity contribution is 6.35. The summed E-state index contributed by atoms with van der Waals surface area (Å²) in [6, 6.07) is 17.4. The lowest BCUT2D eigenvalue weighted by atomic mass is 10.0. The standard InChI is InChI=1S/C18H18N2O3.C15H14N2O/c1-10-12(7-8-17(21)22)11(2)19-16(10)9-14-13-5-3-4-6-15(13)20-18(14)23;1-9-7-10(2)16-14(9)8-12-11-5-3-4-6-13(11)17-15(12)18/h3-6,9,19H,7-8H2,1-2H3,(H,20,23)(H,21,22);3-8,16H,1-2H3,(H,17,18)/b14-9-;12-8-. The van der Waals surface area contributed by atoms with Crippen molar-refractivity contribution in [3.63, 3.8) is 0 Å². The summed E-state index contributed by atoms with van der Waals surface area (Å²) < 4.78 is 0. The van der Waals surface area contributed by atoms with E-state index in [1.54, 1.807) is 0 Å². The number of hydrogen-bond donors (Lipinski definition) is 5. The van der Waals surface area contributed by atoms with Crippen molar-refractivity contribution < 1.29 is 19.5 Å². The quantitative estimate of drug-likeness (QED) is 0.189. The molecule has 0 bridgehead atoms. The van der Waals surface area contributed by atoms with Crippen molar-refractivity contribution in [3.05, 3.63) is 105 Å². The molecule has 2 aromatic heterocycles. The third kappa shape index (κ3) is 5.63. The molecule has 2 aromatic carbocycles. The predicted octanol–water partition coefficient (Wildman–Crippen LogP) is 6.27. The summed E-state index contributed by atoms with van der Waals surface area (Å²) >= 11 is 0. The summed E-state index contributed by atoms with van der Waals surface area (Å²) in [7, 11) is 0. The number of aromatic nitrogens is 2. The molecular formula is C33H32N4O4. The molecule has 8 heteroatoms. The van der Waals surface area contributed by atoms with Crippen LogP contribution < -0.4 is 10.6 Å². The van der Waals surface area contributed by atoms with E-state index in [9.17, 15) is 14.4 Å². The zero-order chi connectivity index (χ0) is 29.3. The number of carbonyl (C=O) groups excluding carboxylic acids is 2. The van der Waals surface area contributed by atoms with Gasteiger partial charge in [0, 0.05) is 51.7 Å². The van der Waals surface area contributed by atoms with E-state index in [1.165, 1.54) is 0 Å². The van der Waals surface area contributed by atoms with Gasteiger partial charge < -0.3 is 25.7 Å². The Labute approximate surface area is 238 Å². The van der Waals surface area contributed by atoms with Crippen LogP contribution in [0.1, 0.15) is 57.0 Å². The van der Waals surface area contributed by atoms with Gasteiger partial charge in [0.15, 0.2) is 0 Å².